The van der Waals surface area contributed by atoms with E-state index in [4.69, 9.17) is 0 Å². The Morgan fingerprint density at radius 1 is 1.32 bits per heavy atom. The molecule has 0 radical (unpaired) electrons. The van der Waals surface area contributed by atoms with Crippen LogP contribution < -0.4 is 0 Å². The molecule has 0 aromatic heterocycles. The fourth-order valence-electron chi connectivity index (χ4n) is 4.30. The van der Waals surface area contributed by atoms with Gasteiger partial charge in [0.1, 0.15) is 0 Å². The van der Waals surface area contributed by atoms with Crippen LogP contribution in [0.2, 0.25) is 0 Å². The standard InChI is InChI=1S/C16H29NO2/c1-3-9-16(15(18)19)10-11-17(12-16)14-8-6-5-7-13(14)4-2/h13-14H,3-12H2,1-2H3,(H,18,19). The van der Waals surface area contributed by atoms with Gasteiger partial charge < -0.3 is 5.11 Å². The topological polar surface area (TPSA) is 40.5 Å². The molecule has 0 aromatic rings. The molecule has 1 saturated heterocycles. The van der Waals surface area contributed by atoms with Gasteiger partial charge in [0, 0.05) is 12.6 Å². The average Bonchev–Trinajstić information content (AvgIpc) is 2.84. The molecule has 1 saturated carbocycles. The summed E-state index contributed by atoms with van der Waals surface area (Å²) < 4.78 is 0. The van der Waals surface area contributed by atoms with E-state index >= 15 is 0 Å². The zero-order valence-corrected chi connectivity index (χ0v) is 12.5. The van der Waals surface area contributed by atoms with Crippen LogP contribution in [0.25, 0.3) is 0 Å². The van der Waals surface area contributed by atoms with Gasteiger partial charge in [0.15, 0.2) is 0 Å². The first-order valence-corrected chi connectivity index (χ1v) is 8.10. The Morgan fingerprint density at radius 3 is 2.68 bits per heavy atom. The van der Waals surface area contributed by atoms with Gasteiger partial charge in [-0.25, -0.2) is 0 Å². The third kappa shape index (κ3) is 2.96. The Bertz CT molecular complexity index is 318. The number of rotatable bonds is 5. The van der Waals surface area contributed by atoms with Crippen molar-refractivity contribution < 1.29 is 9.90 Å². The second-order valence-electron chi connectivity index (χ2n) is 6.58. The highest BCUT2D eigenvalue weighted by atomic mass is 16.4. The van der Waals surface area contributed by atoms with Crippen molar-refractivity contribution in [3.05, 3.63) is 0 Å². The number of aliphatic carboxylic acids is 1. The van der Waals surface area contributed by atoms with Gasteiger partial charge in [-0.3, -0.25) is 9.69 Å². The molecule has 110 valence electrons. The van der Waals surface area contributed by atoms with Gasteiger partial charge in [-0.05, 0) is 38.1 Å². The quantitative estimate of drug-likeness (QED) is 0.828. The minimum Gasteiger partial charge on any atom is -0.481 e. The lowest BCUT2D eigenvalue weighted by molar-refractivity contribution is -0.148. The van der Waals surface area contributed by atoms with Crippen molar-refractivity contribution in [1.82, 2.24) is 4.90 Å². The van der Waals surface area contributed by atoms with Crippen molar-refractivity contribution in [2.45, 2.75) is 71.3 Å². The van der Waals surface area contributed by atoms with Gasteiger partial charge in [0.05, 0.1) is 5.41 Å². The van der Waals surface area contributed by atoms with Crippen molar-refractivity contribution in [1.29, 1.82) is 0 Å². The maximum atomic E-state index is 11.7. The normalized spacial score (nSPS) is 36.5. The van der Waals surface area contributed by atoms with Crippen LogP contribution in [0.3, 0.4) is 0 Å². The molecule has 2 aliphatic rings. The second-order valence-corrected chi connectivity index (χ2v) is 6.58. The van der Waals surface area contributed by atoms with Crippen LogP contribution in [0.1, 0.15) is 65.2 Å². The molecule has 1 heterocycles. The predicted octanol–water partition coefficient (Wildman–Crippen LogP) is 3.53. The Morgan fingerprint density at radius 2 is 2.05 bits per heavy atom. The number of nitrogens with zero attached hydrogens (tertiary/aromatic N) is 1. The SMILES string of the molecule is CCCC1(C(=O)O)CCN(C2CCCCC2CC)C1. The van der Waals surface area contributed by atoms with Gasteiger partial charge in [0.25, 0.3) is 0 Å². The molecule has 0 bridgehead atoms. The van der Waals surface area contributed by atoms with Crippen molar-refractivity contribution in [3.63, 3.8) is 0 Å². The highest BCUT2D eigenvalue weighted by molar-refractivity contribution is 5.75. The molecule has 19 heavy (non-hydrogen) atoms. The lowest BCUT2D eigenvalue weighted by atomic mass is 9.81. The van der Waals surface area contributed by atoms with Crippen LogP contribution in [0, 0.1) is 11.3 Å². The van der Waals surface area contributed by atoms with Crippen LogP contribution in [0.15, 0.2) is 0 Å². The lowest BCUT2D eigenvalue weighted by Crippen LogP contribution is -2.43. The number of carbonyl (C=O) groups is 1. The zero-order valence-electron chi connectivity index (χ0n) is 12.5. The van der Waals surface area contributed by atoms with E-state index in [1.54, 1.807) is 0 Å². The number of hydrogen-bond donors (Lipinski definition) is 1. The third-order valence-electron chi connectivity index (χ3n) is 5.43. The van der Waals surface area contributed by atoms with Crippen molar-refractivity contribution in [2.24, 2.45) is 11.3 Å². The number of carboxylic acid groups (broad SMARTS) is 1. The van der Waals surface area contributed by atoms with E-state index in [0.29, 0.717) is 6.04 Å². The van der Waals surface area contributed by atoms with Gasteiger partial charge in [-0.15, -0.1) is 0 Å². The van der Waals surface area contributed by atoms with E-state index in [1.807, 2.05) is 0 Å². The molecule has 3 unspecified atom stereocenters. The van der Waals surface area contributed by atoms with Gasteiger partial charge in [-0.1, -0.05) is 39.5 Å². The summed E-state index contributed by atoms with van der Waals surface area (Å²) in [5, 5.41) is 9.61. The Kier molecular flexibility index (Phi) is 4.88. The maximum absolute atomic E-state index is 11.7. The van der Waals surface area contributed by atoms with Crippen molar-refractivity contribution in [3.8, 4) is 0 Å². The average molecular weight is 267 g/mol. The maximum Gasteiger partial charge on any atom is 0.310 e. The fourth-order valence-corrected chi connectivity index (χ4v) is 4.30. The number of carboxylic acids is 1. The van der Waals surface area contributed by atoms with Crippen LogP contribution in [0.4, 0.5) is 0 Å². The highest BCUT2D eigenvalue weighted by Gasteiger charge is 2.46. The molecule has 2 fully saturated rings. The molecule has 1 aliphatic carbocycles. The summed E-state index contributed by atoms with van der Waals surface area (Å²) in [6.45, 7) is 6.17. The lowest BCUT2D eigenvalue weighted by Gasteiger charge is -2.38. The fraction of sp³-hybridized carbons (Fsp3) is 0.938. The molecule has 0 aromatic carbocycles. The summed E-state index contributed by atoms with van der Waals surface area (Å²) in [6.07, 6.45) is 9.21. The summed E-state index contributed by atoms with van der Waals surface area (Å²) in [7, 11) is 0. The van der Waals surface area contributed by atoms with Crippen LogP contribution >= 0.6 is 0 Å². The van der Waals surface area contributed by atoms with E-state index in [0.717, 1.165) is 38.3 Å². The number of hydrogen-bond acceptors (Lipinski definition) is 2. The molecule has 1 N–H and O–H groups in total. The van der Waals surface area contributed by atoms with Crippen molar-refractivity contribution in [2.75, 3.05) is 13.1 Å². The molecule has 3 nitrogen and oxygen atoms in total. The molecule has 3 heteroatoms. The van der Waals surface area contributed by atoms with E-state index in [9.17, 15) is 9.90 Å². The Balaban J connectivity index is 2.05. The minimum absolute atomic E-state index is 0.454. The Labute approximate surface area is 117 Å². The predicted molar refractivity (Wildman–Crippen MR) is 77.2 cm³/mol. The van der Waals surface area contributed by atoms with E-state index in [-0.39, 0.29) is 0 Å². The monoisotopic (exact) mass is 267 g/mol. The molecular weight excluding hydrogens is 238 g/mol. The first-order chi connectivity index (χ1) is 9.13. The summed E-state index contributed by atoms with van der Waals surface area (Å²) >= 11 is 0. The van der Waals surface area contributed by atoms with Crippen molar-refractivity contribution >= 4 is 5.97 Å². The first kappa shape index (κ1) is 14.8. The molecular formula is C16H29NO2. The van der Waals surface area contributed by atoms with Gasteiger partial charge in [-0.2, -0.15) is 0 Å². The summed E-state index contributed by atoms with van der Waals surface area (Å²) in [5.74, 6) is 0.223. The first-order valence-electron chi connectivity index (χ1n) is 8.10. The molecule has 2 rings (SSSR count). The van der Waals surface area contributed by atoms with Gasteiger partial charge >= 0.3 is 5.97 Å². The molecule has 0 spiro atoms. The second kappa shape index (κ2) is 6.25. The van der Waals surface area contributed by atoms with E-state index in [1.165, 1.54) is 32.1 Å². The highest BCUT2D eigenvalue weighted by Crippen LogP contribution is 2.40. The van der Waals surface area contributed by atoms with E-state index in [2.05, 4.69) is 18.7 Å². The third-order valence-corrected chi connectivity index (χ3v) is 5.43. The van der Waals surface area contributed by atoms with Gasteiger partial charge in [0.2, 0.25) is 0 Å². The largest absolute Gasteiger partial charge is 0.481 e. The Hall–Kier alpha value is -0.570. The molecule has 0 amide bonds. The summed E-state index contributed by atoms with van der Waals surface area (Å²) in [4.78, 5) is 14.2. The molecule has 1 aliphatic heterocycles. The minimum atomic E-state index is -0.569. The zero-order chi connectivity index (χ0) is 13.9. The van der Waals surface area contributed by atoms with Crippen LogP contribution in [0.5, 0.6) is 0 Å². The van der Waals surface area contributed by atoms with E-state index < -0.39 is 11.4 Å². The summed E-state index contributed by atoms with van der Waals surface area (Å²) in [5.41, 5.74) is -0.454. The smallest absolute Gasteiger partial charge is 0.310 e. The van der Waals surface area contributed by atoms with Crippen LogP contribution in [-0.4, -0.2) is 35.1 Å². The van der Waals surface area contributed by atoms with Crippen LogP contribution in [-0.2, 0) is 4.79 Å². The molecule has 3 atom stereocenters. The number of likely N-dealkylation sites (tertiary alicyclic amines) is 1. The summed E-state index contributed by atoms with van der Waals surface area (Å²) in [6, 6.07) is 0.650.